The van der Waals surface area contributed by atoms with E-state index >= 15 is 0 Å². The van der Waals surface area contributed by atoms with Gasteiger partial charge < -0.3 is 31.5 Å². The Kier molecular flexibility index (Phi) is 11.1. The lowest BCUT2D eigenvalue weighted by atomic mass is 10.0. The van der Waals surface area contributed by atoms with Gasteiger partial charge >= 0.3 is 5.97 Å². The third-order valence-electron chi connectivity index (χ3n) is 4.91. The Labute approximate surface area is 181 Å². The molecule has 0 radical (unpaired) electrons. The van der Waals surface area contributed by atoms with Gasteiger partial charge in [-0.1, -0.05) is 13.8 Å². The van der Waals surface area contributed by atoms with E-state index in [2.05, 4.69) is 21.3 Å². The van der Waals surface area contributed by atoms with Crippen LogP contribution in [0, 0.1) is 5.92 Å². The van der Waals surface area contributed by atoms with Crippen LogP contribution >= 0.6 is 11.8 Å². The van der Waals surface area contributed by atoms with Gasteiger partial charge in [-0.3, -0.25) is 14.4 Å². The monoisotopic (exact) mass is 446 g/mol. The lowest BCUT2D eigenvalue weighted by molar-refractivity contribution is -0.143. The highest BCUT2D eigenvalue weighted by Gasteiger charge is 2.33. The summed E-state index contributed by atoms with van der Waals surface area (Å²) in [5.41, 5.74) is 0. The first kappa shape index (κ1) is 26.2. The van der Waals surface area contributed by atoms with Gasteiger partial charge in [-0.05, 0) is 50.7 Å². The van der Waals surface area contributed by atoms with Crippen molar-refractivity contribution in [2.24, 2.45) is 5.92 Å². The Morgan fingerprint density at radius 2 is 1.73 bits per heavy atom. The smallest absolute Gasteiger partial charge is 0.326 e. The lowest BCUT2D eigenvalue weighted by Crippen LogP contribution is -2.60. The molecule has 0 saturated carbocycles. The van der Waals surface area contributed by atoms with Crippen LogP contribution in [0.4, 0.5) is 0 Å². The number of carbonyl (C=O) groups excluding carboxylic acids is 3. The minimum Gasteiger partial charge on any atom is -0.480 e. The molecule has 1 fully saturated rings. The first-order chi connectivity index (χ1) is 14.1. The van der Waals surface area contributed by atoms with Crippen LogP contribution in [0.2, 0.25) is 0 Å². The maximum absolute atomic E-state index is 12.8. The van der Waals surface area contributed by atoms with Gasteiger partial charge in [-0.2, -0.15) is 11.8 Å². The lowest BCUT2D eigenvalue weighted by Gasteiger charge is -2.27. The fraction of sp³-hybridized carbons (Fsp3) is 0.789. The summed E-state index contributed by atoms with van der Waals surface area (Å²) in [6.45, 7) is 5.43. The molecule has 0 bridgehead atoms. The summed E-state index contributed by atoms with van der Waals surface area (Å²) in [5.74, 6) is -2.65. The third-order valence-corrected chi connectivity index (χ3v) is 5.56. The van der Waals surface area contributed by atoms with E-state index in [0.29, 0.717) is 18.7 Å². The molecule has 5 atom stereocenters. The highest BCUT2D eigenvalue weighted by atomic mass is 32.2. The molecule has 5 unspecified atom stereocenters. The van der Waals surface area contributed by atoms with Gasteiger partial charge in [0, 0.05) is 0 Å². The first-order valence-corrected chi connectivity index (χ1v) is 11.5. The van der Waals surface area contributed by atoms with Gasteiger partial charge in [0.05, 0.1) is 12.1 Å². The number of aliphatic hydroxyl groups excluding tert-OH is 1. The second-order valence-electron chi connectivity index (χ2n) is 7.79. The summed E-state index contributed by atoms with van der Waals surface area (Å²) in [7, 11) is 0. The van der Waals surface area contributed by atoms with Crippen molar-refractivity contribution in [3.63, 3.8) is 0 Å². The molecule has 10 nitrogen and oxygen atoms in total. The molecule has 0 aromatic rings. The molecule has 1 heterocycles. The van der Waals surface area contributed by atoms with Crippen molar-refractivity contribution in [1.82, 2.24) is 21.3 Å². The van der Waals surface area contributed by atoms with E-state index in [4.69, 9.17) is 0 Å². The predicted octanol–water partition coefficient (Wildman–Crippen LogP) is -0.933. The zero-order valence-corrected chi connectivity index (χ0v) is 18.8. The van der Waals surface area contributed by atoms with Crippen LogP contribution in [-0.4, -0.2) is 82.7 Å². The maximum atomic E-state index is 12.8. The minimum atomic E-state index is -1.23. The second kappa shape index (κ2) is 12.8. The quantitative estimate of drug-likeness (QED) is 0.224. The molecule has 0 aliphatic carbocycles. The summed E-state index contributed by atoms with van der Waals surface area (Å²) >= 11 is 1.47. The van der Waals surface area contributed by atoms with Crippen LogP contribution in [0.1, 0.15) is 40.0 Å². The SMILES string of the molecule is CSCCC(NC(=O)C(NC(=O)C1CCCN1)C(C)O)C(=O)NC(C(=O)O)C(C)C. The zero-order chi connectivity index (χ0) is 22.8. The number of amides is 3. The van der Waals surface area contributed by atoms with Gasteiger partial charge in [0.15, 0.2) is 0 Å². The van der Waals surface area contributed by atoms with E-state index in [1.54, 1.807) is 13.8 Å². The van der Waals surface area contributed by atoms with Gasteiger partial charge in [0.25, 0.3) is 0 Å². The van der Waals surface area contributed by atoms with E-state index in [0.717, 1.165) is 6.42 Å². The summed E-state index contributed by atoms with van der Waals surface area (Å²) in [4.78, 5) is 49.2. The number of hydrogen-bond donors (Lipinski definition) is 6. The van der Waals surface area contributed by atoms with Crippen molar-refractivity contribution in [3.8, 4) is 0 Å². The van der Waals surface area contributed by atoms with Gasteiger partial charge in [0.2, 0.25) is 17.7 Å². The van der Waals surface area contributed by atoms with Crippen molar-refractivity contribution in [2.75, 3.05) is 18.6 Å². The first-order valence-electron chi connectivity index (χ1n) is 10.1. The number of carboxylic acids is 1. The zero-order valence-electron chi connectivity index (χ0n) is 17.9. The summed E-state index contributed by atoms with van der Waals surface area (Å²) in [6, 6.07) is -3.73. The van der Waals surface area contributed by atoms with Crippen molar-refractivity contribution in [3.05, 3.63) is 0 Å². The molecule has 11 heteroatoms. The standard InChI is InChI=1S/C19H34N4O6S/c1-10(2)14(19(28)29)22-17(26)13(7-9-30-4)21-18(27)15(11(3)24)23-16(25)12-6-5-8-20-12/h10-15,20,24H,5-9H2,1-4H3,(H,21,27)(H,22,26)(H,23,25)(H,28,29). The second-order valence-corrected chi connectivity index (χ2v) is 8.77. The molecule has 1 rings (SSSR count). The fourth-order valence-corrected chi connectivity index (χ4v) is 3.57. The van der Waals surface area contributed by atoms with E-state index < -0.39 is 48.1 Å². The third kappa shape index (κ3) is 8.11. The molecule has 3 amide bonds. The van der Waals surface area contributed by atoms with Crippen molar-refractivity contribution >= 4 is 35.5 Å². The topological polar surface area (TPSA) is 157 Å². The van der Waals surface area contributed by atoms with Crippen LogP contribution in [0.25, 0.3) is 0 Å². The highest BCUT2D eigenvalue weighted by Crippen LogP contribution is 2.08. The molecule has 0 aromatic heterocycles. The summed E-state index contributed by atoms with van der Waals surface area (Å²) in [5, 5.41) is 29.9. The number of carboxylic acid groups (broad SMARTS) is 1. The summed E-state index contributed by atoms with van der Waals surface area (Å²) < 4.78 is 0. The largest absolute Gasteiger partial charge is 0.480 e. The molecule has 172 valence electrons. The molecular formula is C19H34N4O6S. The van der Waals surface area contributed by atoms with Crippen LogP contribution in [0.5, 0.6) is 0 Å². The van der Waals surface area contributed by atoms with Crippen LogP contribution in [0.15, 0.2) is 0 Å². The minimum absolute atomic E-state index is 0.272. The number of rotatable bonds is 12. The molecule has 30 heavy (non-hydrogen) atoms. The molecule has 0 aromatic carbocycles. The van der Waals surface area contributed by atoms with E-state index in [-0.39, 0.29) is 18.2 Å². The number of hydrogen-bond acceptors (Lipinski definition) is 7. The Bertz CT molecular complexity index is 610. The number of nitrogens with one attached hydrogen (secondary N) is 4. The Morgan fingerprint density at radius 1 is 1.07 bits per heavy atom. The maximum Gasteiger partial charge on any atom is 0.326 e. The normalized spacial score (nSPS) is 20.1. The van der Waals surface area contributed by atoms with Crippen LogP contribution in [0.3, 0.4) is 0 Å². The Balaban J connectivity index is 2.86. The predicted molar refractivity (Wildman–Crippen MR) is 114 cm³/mol. The summed E-state index contributed by atoms with van der Waals surface area (Å²) in [6.07, 6.45) is 2.43. The molecule has 1 saturated heterocycles. The Morgan fingerprint density at radius 3 is 2.20 bits per heavy atom. The number of carbonyl (C=O) groups is 4. The highest BCUT2D eigenvalue weighted by molar-refractivity contribution is 7.98. The Hall–Kier alpha value is -1.85. The molecule has 1 aliphatic rings. The molecule has 1 aliphatic heterocycles. The number of aliphatic hydroxyl groups is 1. The van der Waals surface area contributed by atoms with E-state index in [1.807, 2.05) is 6.26 Å². The number of thioether (sulfide) groups is 1. The van der Waals surface area contributed by atoms with Gasteiger partial charge in [0.1, 0.15) is 18.1 Å². The van der Waals surface area contributed by atoms with Crippen molar-refractivity contribution < 1.29 is 29.4 Å². The number of aliphatic carboxylic acids is 1. The average molecular weight is 447 g/mol. The van der Waals surface area contributed by atoms with E-state index in [1.165, 1.54) is 18.7 Å². The van der Waals surface area contributed by atoms with E-state index in [9.17, 15) is 29.4 Å². The van der Waals surface area contributed by atoms with Gasteiger partial charge in [-0.25, -0.2) is 4.79 Å². The molecular weight excluding hydrogens is 412 g/mol. The van der Waals surface area contributed by atoms with Crippen LogP contribution in [-0.2, 0) is 19.2 Å². The average Bonchev–Trinajstić information content (AvgIpc) is 3.20. The van der Waals surface area contributed by atoms with Gasteiger partial charge in [-0.15, -0.1) is 0 Å². The molecule has 0 spiro atoms. The van der Waals surface area contributed by atoms with Crippen molar-refractivity contribution in [1.29, 1.82) is 0 Å². The van der Waals surface area contributed by atoms with Crippen LogP contribution < -0.4 is 21.3 Å². The fourth-order valence-electron chi connectivity index (χ4n) is 3.10. The van der Waals surface area contributed by atoms with Crippen molar-refractivity contribution in [2.45, 2.75) is 70.3 Å². The molecule has 6 N–H and O–H groups in total.